The van der Waals surface area contributed by atoms with Crippen LogP contribution in [0.15, 0.2) is 0 Å². The predicted octanol–water partition coefficient (Wildman–Crippen LogP) is 2.03. The van der Waals surface area contributed by atoms with Crippen molar-refractivity contribution in [2.75, 3.05) is 26.7 Å². The quantitative estimate of drug-likeness (QED) is 0.563. The molecule has 0 rings (SSSR count). The normalized spacial score (nSPS) is 15.4. The molecular formula is C13H30N2O. The highest BCUT2D eigenvalue weighted by molar-refractivity contribution is 4.65. The van der Waals surface area contributed by atoms with E-state index in [9.17, 15) is 0 Å². The van der Waals surface area contributed by atoms with Gasteiger partial charge in [-0.3, -0.25) is 0 Å². The Morgan fingerprint density at radius 3 is 2.31 bits per heavy atom. The molecule has 0 amide bonds. The highest BCUT2D eigenvalue weighted by Gasteiger charge is 2.02. The Kier molecular flexibility index (Phi) is 9.99. The number of hydrogen-bond acceptors (Lipinski definition) is 3. The van der Waals surface area contributed by atoms with E-state index >= 15 is 0 Å². The zero-order chi connectivity index (χ0) is 12.4. The molecule has 98 valence electrons. The average molecular weight is 230 g/mol. The Morgan fingerprint density at radius 1 is 1.06 bits per heavy atom. The fourth-order valence-corrected chi connectivity index (χ4v) is 1.52. The zero-order valence-corrected chi connectivity index (χ0v) is 11.7. The van der Waals surface area contributed by atoms with Gasteiger partial charge in [0.15, 0.2) is 0 Å². The average Bonchev–Trinajstić information content (AvgIpc) is 2.23. The van der Waals surface area contributed by atoms with Gasteiger partial charge in [-0.1, -0.05) is 13.8 Å². The maximum atomic E-state index is 5.21. The Hall–Kier alpha value is -0.120. The summed E-state index contributed by atoms with van der Waals surface area (Å²) < 4.78 is 5.21. The van der Waals surface area contributed by atoms with Crippen molar-refractivity contribution in [3.05, 3.63) is 0 Å². The maximum Gasteiger partial charge on any atom is 0.0543 e. The predicted molar refractivity (Wildman–Crippen MR) is 70.9 cm³/mol. The van der Waals surface area contributed by atoms with Crippen LogP contribution in [0.25, 0.3) is 0 Å². The molecule has 0 aliphatic heterocycles. The summed E-state index contributed by atoms with van der Waals surface area (Å²) in [6, 6.07) is 0.552. The van der Waals surface area contributed by atoms with E-state index < -0.39 is 0 Å². The van der Waals surface area contributed by atoms with Gasteiger partial charge in [0.05, 0.1) is 6.10 Å². The third-order valence-electron chi connectivity index (χ3n) is 2.69. The molecule has 3 heteroatoms. The molecule has 0 saturated heterocycles. The second-order valence-corrected chi connectivity index (χ2v) is 5.10. The molecule has 2 N–H and O–H groups in total. The van der Waals surface area contributed by atoms with Crippen molar-refractivity contribution in [1.29, 1.82) is 0 Å². The first-order valence-corrected chi connectivity index (χ1v) is 6.53. The lowest BCUT2D eigenvalue weighted by atomic mass is 10.2. The van der Waals surface area contributed by atoms with Crippen molar-refractivity contribution in [2.24, 2.45) is 5.92 Å². The van der Waals surface area contributed by atoms with Crippen LogP contribution in [-0.2, 0) is 4.74 Å². The van der Waals surface area contributed by atoms with Gasteiger partial charge in [-0.2, -0.15) is 0 Å². The Bertz CT molecular complexity index is 151. The van der Waals surface area contributed by atoms with Crippen LogP contribution in [0.4, 0.5) is 0 Å². The largest absolute Gasteiger partial charge is 0.382 e. The smallest absolute Gasteiger partial charge is 0.0543 e. The van der Waals surface area contributed by atoms with Crippen LogP contribution in [0, 0.1) is 5.92 Å². The van der Waals surface area contributed by atoms with Gasteiger partial charge in [0.2, 0.25) is 0 Å². The van der Waals surface area contributed by atoms with Crippen LogP contribution in [0.5, 0.6) is 0 Å². The molecule has 0 saturated carbocycles. The summed E-state index contributed by atoms with van der Waals surface area (Å²) in [5.41, 5.74) is 0. The van der Waals surface area contributed by atoms with Crippen molar-refractivity contribution in [3.8, 4) is 0 Å². The molecule has 0 fully saturated rings. The van der Waals surface area contributed by atoms with Gasteiger partial charge in [0.1, 0.15) is 0 Å². The van der Waals surface area contributed by atoms with E-state index in [-0.39, 0.29) is 0 Å². The lowest BCUT2D eigenvalue weighted by Gasteiger charge is -2.16. The molecule has 0 aliphatic rings. The molecule has 0 aliphatic carbocycles. The fraction of sp³-hybridized carbons (Fsp3) is 1.00. The number of rotatable bonds is 10. The summed E-state index contributed by atoms with van der Waals surface area (Å²) in [6.07, 6.45) is 2.70. The summed E-state index contributed by atoms with van der Waals surface area (Å²) in [4.78, 5) is 0. The third kappa shape index (κ3) is 10.4. The minimum absolute atomic E-state index is 0.385. The molecule has 0 bridgehead atoms. The van der Waals surface area contributed by atoms with E-state index in [2.05, 4.69) is 38.3 Å². The number of ether oxygens (including phenoxy) is 1. The van der Waals surface area contributed by atoms with Gasteiger partial charge >= 0.3 is 0 Å². The van der Waals surface area contributed by atoms with Crippen LogP contribution in [0.2, 0.25) is 0 Å². The molecule has 0 heterocycles. The first-order valence-electron chi connectivity index (χ1n) is 6.53. The van der Waals surface area contributed by atoms with Gasteiger partial charge < -0.3 is 15.4 Å². The van der Waals surface area contributed by atoms with Crippen molar-refractivity contribution in [1.82, 2.24) is 10.6 Å². The summed E-state index contributed by atoms with van der Waals surface area (Å²) in [6.45, 7) is 12.1. The second kappa shape index (κ2) is 10.1. The summed E-state index contributed by atoms with van der Waals surface area (Å²) in [5, 5.41) is 6.98. The Labute approximate surface area is 101 Å². The molecule has 0 aromatic heterocycles. The monoisotopic (exact) mass is 230 g/mol. The molecular weight excluding hydrogens is 200 g/mol. The minimum atomic E-state index is 0.385. The molecule has 0 radical (unpaired) electrons. The van der Waals surface area contributed by atoms with Crippen molar-refractivity contribution in [3.63, 3.8) is 0 Å². The first-order chi connectivity index (χ1) is 7.56. The molecule has 3 nitrogen and oxygen atoms in total. The number of methoxy groups -OCH3 is 1. The summed E-state index contributed by atoms with van der Waals surface area (Å²) >= 11 is 0. The third-order valence-corrected chi connectivity index (χ3v) is 2.69. The molecule has 16 heavy (non-hydrogen) atoms. The van der Waals surface area contributed by atoms with Gasteiger partial charge in [0.25, 0.3) is 0 Å². The zero-order valence-electron chi connectivity index (χ0n) is 11.7. The summed E-state index contributed by atoms with van der Waals surface area (Å²) in [5.74, 6) is 0.731. The molecule has 0 spiro atoms. The van der Waals surface area contributed by atoms with E-state index in [0.29, 0.717) is 12.1 Å². The fourth-order valence-electron chi connectivity index (χ4n) is 1.52. The van der Waals surface area contributed by atoms with Crippen LogP contribution in [-0.4, -0.2) is 38.9 Å². The molecule has 2 atom stereocenters. The van der Waals surface area contributed by atoms with E-state index in [4.69, 9.17) is 4.74 Å². The van der Waals surface area contributed by atoms with Gasteiger partial charge in [-0.15, -0.1) is 0 Å². The van der Waals surface area contributed by atoms with Crippen molar-refractivity contribution in [2.45, 2.75) is 52.7 Å². The molecule has 0 aromatic carbocycles. The van der Waals surface area contributed by atoms with E-state index in [1.165, 1.54) is 6.42 Å². The van der Waals surface area contributed by atoms with Crippen LogP contribution >= 0.6 is 0 Å². The van der Waals surface area contributed by atoms with E-state index in [1.807, 2.05) is 0 Å². The van der Waals surface area contributed by atoms with Crippen molar-refractivity contribution < 1.29 is 4.74 Å². The van der Waals surface area contributed by atoms with E-state index in [1.54, 1.807) is 7.11 Å². The molecule has 2 unspecified atom stereocenters. The van der Waals surface area contributed by atoms with Crippen LogP contribution in [0.1, 0.15) is 40.5 Å². The Morgan fingerprint density at radius 2 is 1.75 bits per heavy atom. The Balaban J connectivity index is 3.26. The highest BCUT2D eigenvalue weighted by atomic mass is 16.5. The van der Waals surface area contributed by atoms with Crippen LogP contribution in [0.3, 0.4) is 0 Å². The second-order valence-electron chi connectivity index (χ2n) is 5.10. The topological polar surface area (TPSA) is 33.3 Å². The standard InChI is InChI=1S/C13H30N2O/c1-11(2)9-14-10-12(3)15-8-6-7-13(4)16-5/h11-15H,6-10H2,1-5H3. The van der Waals surface area contributed by atoms with E-state index in [0.717, 1.165) is 32.0 Å². The summed E-state index contributed by atoms with van der Waals surface area (Å²) in [7, 11) is 1.77. The SMILES string of the molecule is COC(C)CCCNC(C)CNCC(C)C. The van der Waals surface area contributed by atoms with Crippen molar-refractivity contribution >= 4 is 0 Å². The lowest BCUT2D eigenvalue weighted by Crippen LogP contribution is -2.38. The van der Waals surface area contributed by atoms with Gasteiger partial charge in [0, 0.05) is 19.7 Å². The van der Waals surface area contributed by atoms with Gasteiger partial charge in [-0.25, -0.2) is 0 Å². The first kappa shape index (κ1) is 15.9. The number of hydrogen-bond donors (Lipinski definition) is 2. The van der Waals surface area contributed by atoms with Gasteiger partial charge in [-0.05, 0) is 45.7 Å². The molecule has 0 aromatic rings. The maximum absolute atomic E-state index is 5.21. The highest BCUT2D eigenvalue weighted by Crippen LogP contribution is 1.98. The van der Waals surface area contributed by atoms with Crippen LogP contribution < -0.4 is 10.6 Å². The minimum Gasteiger partial charge on any atom is -0.382 e. The lowest BCUT2D eigenvalue weighted by molar-refractivity contribution is 0.109. The number of nitrogens with one attached hydrogen (secondary N) is 2.